The van der Waals surface area contributed by atoms with E-state index in [1.54, 1.807) is 42.5 Å². The predicted octanol–water partition coefficient (Wildman–Crippen LogP) is 4.87. The molecule has 3 amide bonds. The predicted molar refractivity (Wildman–Crippen MR) is 122 cm³/mol. The van der Waals surface area contributed by atoms with Gasteiger partial charge in [0.05, 0.1) is 17.3 Å². The van der Waals surface area contributed by atoms with Crippen molar-refractivity contribution in [2.75, 3.05) is 27.8 Å². The van der Waals surface area contributed by atoms with E-state index in [1.807, 2.05) is 13.8 Å². The summed E-state index contributed by atoms with van der Waals surface area (Å²) >= 11 is 6.15. The Balaban J connectivity index is 1.88. The SMILES string of the molecule is CCCC(=O)Nc1ccc(NCC(=O)Nc2cc(NC(=O)CCC)ccc2Cl)cc1. The first kappa shape index (κ1) is 23.2. The van der Waals surface area contributed by atoms with Crippen LogP contribution in [-0.4, -0.2) is 24.3 Å². The molecule has 4 N–H and O–H groups in total. The lowest BCUT2D eigenvalue weighted by atomic mass is 10.2. The molecule has 2 aromatic rings. The molecule has 0 aliphatic heterocycles. The fourth-order valence-electron chi connectivity index (χ4n) is 2.65. The number of carbonyl (C=O) groups excluding carboxylic acids is 3. The van der Waals surface area contributed by atoms with Crippen molar-refractivity contribution in [3.05, 3.63) is 47.5 Å². The number of amides is 3. The lowest BCUT2D eigenvalue weighted by Crippen LogP contribution is -2.22. The molecular weight excluding hydrogens is 404 g/mol. The minimum atomic E-state index is -0.283. The Bertz CT molecular complexity index is 884. The third-order valence-electron chi connectivity index (χ3n) is 4.10. The average Bonchev–Trinajstić information content (AvgIpc) is 2.70. The smallest absolute Gasteiger partial charge is 0.243 e. The van der Waals surface area contributed by atoms with Gasteiger partial charge in [-0.05, 0) is 55.3 Å². The Kier molecular flexibility index (Phi) is 9.15. The highest BCUT2D eigenvalue weighted by molar-refractivity contribution is 6.33. The number of rotatable bonds is 10. The molecule has 8 heteroatoms. The van der Waals surface area contributed by atoms with E-state index < -0.39 is 0 Å². The van der Waals surface area contributed by atoms with Crippen LogP contribution in [0.15, 0.2) is 42.5 Å². The van der Waals surface area contributed by atoms with Gasteiger partial charge in [0.25, 0.3) is 0 Å². The van der Waals surface area contributed by atoms with Crippen molar-refractivity contribution >= 4 is 52.1 Å². The van der Waals surface area contributed by atoms with Gasteiger partial charge in [-0.1, -0.05) is 25.4 Å². The summed E-state index contributed by atoms with van der Waals surface area (Å²) in [6, 6.07) is 12.0. The summed E-state index contributed by atoms with van der Waals surface area (Å²) in [5.41, 5.74) is 2.44. The van der Waals surface area contributed by atoms with E-state index in [1.165, 1.54) is 0 Å². The van der Waals surface area contributed by atoms with Gasteiger partial charge in [-0.3, -0.25) is 14.4 Å². The Hall–Kier alpha value is -3.06. The van der Waals surface area contributed by atoms with Gasteiger partial charge in [0.2, 0.25) is 17.7 Å². The summed E-state index contributed by atoms with van der Waals surface area (Å²) < 4.78 is 0. The molecule has 0 aliphatic carbocycles. The van der Waals surface area contributed by atoms with Crippen LogP contribution in [0.1, 0.15) is 39.5 Å². The summed E-state index contributed by atoms with van der Waals surface area (Å²) in [4.78, 5) is 35.6. The Morgan fingerprint density at radius 2 is 1.27 bits per heavy atom. The maximum Gasteiger partial charge on any atom is 0.243 e. The highest BCUT2D eigenvalue weighted by Crippen LogP contribution is 2.25. The maximum atomic E-state index is 12.3. The van der Waals surface area contributed by atoms with Gasteiger partial charge in [0.15, 0.2) is 0 Å². The molecule has 0 fully saturated rings. The first-order chi connectivity index (χ1) is 14.4. The van der Waals surface area contributed by atoms with Gasteiger partial charge >= 0.3 is 0 Å². The third-order valence-corrected chi connectivity index (χ3v) is 4.43. The van der Waals surface area contributed by atoms with E-state index in [0.717, 1.165) is 18.5 Å². The number of benzene rings is 2. The summed E-state index contributed by atoms with van der Waals surface area (Å²) in [6.07, 6.45) is 2.45. The van der Waals surface area contributed by atoms with Gasteiger partial charge in [-0.15, -0.1) is 0 Å². The molecule has 0 aliphatic rings. The van der Waals surface area contributed by atoms with E-state index in [0.29, 0.717) is 34.9 Å². The summed E-state index contributed by atoms with van der Waals surface area (Å²) in [7, 11) is 0. The number of halogens is 1. The number of hydrogen-bond acceptors (Lipinski definition) is 4. The molecule has 0 bridgehead atoms. The minimum Gasteiger partial charge on any atom is -0.376 e. The molecule has 0 radical (unpaired) electrons. The quantitative estimate of drug-likeness (QED) is 0.432. The molecule has 2 aromatic carbocycles. The van der Waals surface area contributed by atoms with Crippen LogP contribution in [0, 0.1) is 0 Å². The zero-order valence-electron chi connectivity index (χ0n) is 17.2. The molecule has 7 nitrogen and oxygen atoms in total. The van der Waals surface area contributed by atoms with Crippen LogP contribution in [0.2, 0.25) is 5.02 Å². The second-order valence-electron chi connectivity index (χ2n) is 6.77. The van der Waals surface area contributed by atoms with Crippen LogP contribution in [0.5, 0.6) is 0 Å². The molecule has 0 aromatic heterocycles. The topological polar surface area (TPSA) is 99.3 Å². The number of anilines is 4. The van der Waals surface area contributed by atoms with Gasteiger partial charge in [0, 0.05) is 29.9 Å². The number of nitrogens with one attached hydrogen (secondary N) is 4. The van der Waals surface area contributed by atoms with Gasteiger partial charge < -0.3 is 21.3 Å². The largest absolute Gasteiger partial charge is 0.376 e. The van der Waals surface area contributed by atoms with Crippen molar-refractivity contribution in [3.8, 4) is 0 Å². The van der Waals surface area contributed by atoms with Crippen LogP contribution < -0.4 is 21.3 Å². The zero-order chi connectivity index (χ0) is 21.9. The van der Waals surface area contributed by atoms with Gasteiger partial charge in [-0.25, -0.2) is 0 Å². The minimum absolute atomic E-state index is 0.0254. The summed E-state index contributed by atoms with van der Waals surface area (Å²) in [5.74, 6) is -0.398. The van der Waals surface area contributed by atoms with Crippen LogP contribution in [0.4, 0.5) is 22.7 Å². The molecular formula is C22H27ClN4O3. The first-order valence-corrected chi connectivity index (χ1v) is 10.3. The molecule has 0 heterocycles. The van der Waals surface area contributed by atoms with Crippen molar-refractivity contribution < 1.29 is 14.4 Å². The van der Waals surface area contributed by atoms with E-state index in [9.17, 15) is 14.4 Å². The fraction of sp³-hybridized carbons (Fsp3) is 0.318. The van der Waals surface area contributed by atoms with Crippen LogP contribution in [0.25, 0.3) is 0 Å². The molecule has 0 saturated heterocycles. The van der Waals surface area contributed by atoms with Crippen LogP contribution in [0.3, 0.4) is 0 Å². The van der Waals surface area contributed by atoms with Crippen LogP contribution in [-0.2, 0) is 14.4 Å². The lowest BCUT2D eigenvalue weighted by Gasteiger charge is -2.12. The average molecular weight is 431 g/mol. The van der Waals surface area contributed by atoms with Crippen molar-refractivity contribution in [3.63, 3.8) is 0 Å². The highest BCUT2D eigenvalue weighted by atomic mass is 35.5. The van der Waals surface area contributed by atoms with Crippen molar-refractivity contribution in [1.29, 1.82) is 0 Å². The van der Waals surface area contributed by atoms with Crippen molar-refractivity contribution in [2.24, 2.45) is 0 Å². The third kappa shape index (κ3) is 7.75. The van der Waals surface area contributed by atoms with E-state index in [-0.39, 0.29) is 24.3 Å². The molecule has 0 saturated carbocycles. The van der Waals surface area contributed by atoms with Crippen molar-refractivity contribution in [1.82, 2.24) is 0 Å². The Labute approximate surface area is 181 Å². The highest BCUT2D eigenvalue weighted by Gasteiger charge is 2.09. The normalized spacial score (nSPS) is 10.2. The molecule has 0 unspecified atom stereocenters. The molecule has 0 spiro atoms. The zero-order valence-corrected chi connectivity index (χ0v) is 17.9. The number of hydrogen-bond donors (Lipinski definition) is 4. The van der Waals surface area contributed by atoms with Gasteiger partial charge in [-0.2, -0.15) is 0 Å². The number of carbonyl (C=O) groups is 3. The second-order valence-corrected chi connectivity index (χ2v) is 7.18. The Morgan fingerprint density at radius 1 is 0.733 bits per heavy atom. The van der Waals surface area contributed by atoms with Crippen LogP contribution >= 0.6 is 11.6 Å². The maximum absolute atomic E-state index is 12.3. The van der Waals surface area contributed by atoms with Gasteiger partial charge in [0.1, 0.15) is 0 Å². The van der Waals surface area contributed by atoms with E-state index >= 15 is 0 Å². The lowest BCUT2D eigenvalue weighted by molar-refractivity contribution is -0.117. The molecule has 160 valence electrons. The summed E-state index contributed by atoms with van der Waals surface area (Å²) in [6.45, 7) is 3.91. The van der Waals surface area contributed by atoms with Crippen molar-refractivity contribution in [2.45, 2.75) is 39.5 Å². The monoisotopic (exact) mass is 430 g/mol. The second kappa shape index (κ2) is 11.8. The Morgan fingerprint density at radius 3 is 1.87 bits per heavy atom. The standard InChI is InChI=1S/C22H27ClN4O3/c1-3-5-20(28)25-16-9-7-15(8-10-16)24-14-22(30)27-19-13-17(11-12-18(19)23)26-21(29)6-4-2/h7-13,24H,3-6,14H2,1-2H3,(H,25,28)(H,26,29)(H,27,30). The molecule has 2 rings (SSSR count). The molecule has 30 heavy (non-hydrogen) atoms. The summed E-state index contributed by atoms with van der Waals surface area (Å²) in [5, 5.41) is 11.7. The van der Waals surface area contributed by atoms with E-state index in [4.69, 9.17) is 11.6 Å². The molecule has 0 atom stereocenters. The fourth-order valence-corrected chi connectivity index (χ4v) is 2.81. The first-order valence-electron chi connectivity index (χ1n) is 9.94. The van der Waals surface area contributed by atoms with E-state index in [2.05, 4.69) is 21.3 Å².